The summed E-state index contributed by atoms with van der Waals surface area (Å²) in [5.74, 6) is 0.448. The predicted molar refractivity (Wildman–Crippen MR) is 112 cm³/mol. The second-order valence-corrected chi connectivity index (χ2v) is 7.32. The van der Waals surface area contributed by atoms with Gasteiger partial charge in [0.15, 0.2) is 0 Å². The highest BCUT2D eigenvalue weighted by Crippen LogP contribution is 2.23. The molecule has 0 bridgehead atoms. The SMILES string of the molecule is NC(=O)NC(CC(=O)Nc1ccc(-n2cnc3ccccc32)nc1)c1cccs1. The lowest BCUT2D eigenvalue weighted by Gasteiger charge is -2.16. The Hall–Kier alpha value is -3.72. The first-order valence-electron chi connectivity index (χ1n) is 8.88. The number of benzene rings is 1. The first kappa shape index (κ1) is 18.6. The minimum absolute atomic E-state index is 0.0668. The molecular formula is C20H18N6O2S. The quantitative estimate of drug-likeness (QED) is 0.456. The van der Waals surface area contributed by atoms with Crippen molar-refractivity contribution in [2.45, 2.75) is 12.5 Å². The maximum Gasteiger partial charge on any atom is 0.312 e. The largest absolute Gasteiger partial charge is 0.352 e. The summed E-state index contributed by atoms with van der Waals surface area (Å²) in [5, 5.41) is 7.29. The van der Waals surface area contributed by atoms with Gasteiger partial charge in [-0.1, -0.05) is 18.2 Å². The number of carbonyl (C=O) groups excluding carboxylic acids is 2. The van der Waals surface area contributed by atoms with Crippen LogP contribution in [0.25, 0.3) is 16.9 Å². The number of anilines is 1. The Labute approximate surface area is 170 Å². The number of para-hydroxylation sites is 2. The van der Waals surface area contributed by atoms with E-state index in [1.165, 1.54) is 11.3 Å². The molecule has 9 heteroatoms. The smallest absolute Gasteiger partial charge is 0.312 e. The number of nitrogens with one attached hydrogen (secondary N) is 2. The lowest BCUT2D eigenvalue weighted by molar-refractivity contribution is -0.116. The molecule has 4 N–H and O–H groups in total. The molecule has 0 saturated heterocycles. The number of imidazole rings is 1. The fourth-order valence-corrected chi connectivity index (χ4v) is 3.80. The summed E-state index contributed by atoms with van der Waals surface area (Å²) < 4.78 is 1.88. The van der Waals surface area contributed by atoms with Gasteiger partial charge in [-0.15, -0.1) is 11.3 Å². The van der Waals surface area contributed by atoms with Crippen LogP contribution in [0.2, 0.25) is 0 Å². The van der Waals surface area contributed by atoms with Gasteiger partial charge in [-0.05, 0) is 35.7 Å². The highest BCUT2D eigenvalue weighted by atomic mass is 32.1. The van der Waals surface area contributed by atoms with Crippen molar-refractivity contribution in [3.63, 3.8) is 0 Å². The summed E-state index contributed by atoms with van der Waals surface area (Å²) in [6.07, 6.45) is 3.37. The summed E-state index contributed by atoms with van der Waals surface area (Å²) in [7, 11) is 0. The number of aromatic nitrogens is 3. The Morgan fingerprint density at radius 2 is 1.97 bits per heavy atom. The van der Waals surface area contributed by atoms with E-state index in [1.807, 2.05) is 52.4 Å². The fourth-order valence-electron chi connectivity index (χ4n) is 3.03. The normalized spacial score (nSPS) is 11.9. The average Bonchev–Trinajstić information content (AvgIpc) is 3.38. The highest BCUT2D eigenvalue weighted by molar-refractivity contribution is 7.10. The summed E-state index contributed by atoms with van der Waals surface area (Å²) in [6.45, 7) is 0. The van der Waals surface area contributed by atoms with Crippen LogP contribution in [-0.2, 0) is 4.79 Å². The molecule has 4 aromatic rings. The Morgan fingerprint density at radius 3 is 2.69 bits per heavy atom. The molecule has 0 fully saturated rings. The van der Waals surface area contributed by atoms with Gasteiger partial charge in [0.05, 0.1) is 35.4 Å². The molecule has 4 rings (SSSR count). The minimum Gasteiger partial charge on any atom is -0.352 e. The number of primary amides is 1. The van der Waals surface area contributed by atoms with E-state index in [0.29, 0.717) is 11.5 Å². The van der Waals surface area contributed by atoms with Crippen LogP contribution < -0.4 is 16.4 Å². The highest BCUT2D eigenvalue weighted by Gasteiger charge is 2.18. The van der Waals surface area contributed by atoms with Crippen LogP contribution in [0.5, 0.6) is 0 Å². The molecule has 1 atom stereocenters. The van der Waals surface area contributed by atoms with Crippen molar-refractivity contribution in [3.05, 3.63) is 71.3 Å². The molecule has 0 radical (unpaired) electrons. The maximum absolute atomic E-state index is 12.4. The van der Waals surface area contributed by atoms with E-state index >= 15 is 0 Å². The zero-order chi connectivity index (χ0) is 20.2. The van der Waals surface area contributed by atoms with E-state index in [9.17, 15) is 9.59 Å². The molecule has 8 nitrogen and oxygen atoms in total. The number of amides is 3. The zero-order valence-corrected chi connectivity index (χ0v) is 16.1. The van der Waals surface area contributed by atoms with Gasteiger partial charge in [0.25, 0.3) is 0 Å². The Kier molecular flexibility index (Phi) is 5.21. The van der Waals surface area contributed by atoms with Crippen molar-refractivity contribution in [2.24, 2.45) is 5.73 Å². The van der Waals surface area contributed by atoms with Crippen molar-refractivity contribution in [3.8, 4) is 5.82 Å². The first-order valence-corrected chi connectivity index (χ1v) is 9.76. The number of nitrogens with zero attached hydrogens (tertiary/aromatic N) is 3. The predicted octanol–water partition coefficient (Wildman–Crippen LogP) is 3.22. The summed E-state index contributed by atoms with van der Waals surface area (Å²) in [5.41, 5.74) is 7.63. The summed E-state index contributed by atoms with van der Waals surface area (Å²) >= 11 is 1.45. The van der Waals surface area contributed by atoms with Gasteiger partial charge in [-0.25, -0.2) is 14.8 Å². The second kappa shape index (κ2) is 8.11. The Bertz CT molecular complexity index is 1140. The molecule has 0 aliphatic rings. The number of nitrogens with two attached hydrogens (primary N) is 1. The van der Waals surface area contributed by atoms with Crippen molar-refractivity contribution in [2.75, 3.05) is 5.32 Å². The van der Waals surface area contributed by atoms with Crippen molar-refractivity contribution in [1.29, 1.82) is 0 Å². The number of thiophene rings is 1. The average molecular weight is 406 g/mol. The number of rotatable bonds is 6. The fraction of sp³-hybridized carbons (Fsp3) is 0.100. The van der Waals surface area contributed by atoms with Crippen LogP contribution in [0.1, 0.15) is 17.3 Å². The third kappa shape index (κ3) is 4.25. The van der Waals surface area contributed by atoms with Gasteiger partial charge in [0.2, 0.25) is 5.91 Å². The maximum atomic E-state index is 12.4. The third-order valence-corrected chi connectivity index (χ3v) is 5.31. The van der Waals surface area contributed by atoms with E-state index in [-0.39, 0.29) is 12.3 Å². The first-order chi connectivity index (χ1) is 14.1. The van der Waals surface area contributed by atoms with E-state index in [1.54, 1.807) is 18.6 Å². The summed E-state index contributed by atoms with van der Waals surface area (Å²) in [6, 6.07) is 13.9. The number of urea groups is 1. The number of carbonyl (C=O) groups is 2. The lowest BCUT2D eigenvalue weighted by Crippen LogP contribution is -2.34. The molecule has 0 spiro atoms. The summed E-state index contributed by atoms with van der Waals surface area (Å²) in [4.78, 5) is 33.3. The zero-order valence-electron chi connectivity index (χ0n) is 15.3. The molecule has 29 heavy (non-hydrogen) atoms. The molecule has 1 aromatic carbocycles. The van der Waals surface area contributed by atoms with Crippen molar-refractivity contribution < 1.29 is 9.59 Å². The standard InChI is InChI=1S/C20H18N6O2S/c21-20(28)25-15(17-6-3-9-29-17)10-19(27)24-13-7-8-18(22-11-13)26-12-23-14-4-1-2-5-16(14)26/h1-9,11-12,15H,10H2,(H,24,27)(H3,21,25,28). The second-order valence-electron chi connectivity index (χ2n) is 6.34. The molecule has 146 valence electrons. The van der Waals surface area contributed by atoms with Crippen LogP contribution >= 0.6 is 11.3 Å². The monoisotopic (exact) mass is 406 g/mol. The molecule has 3 aromatic heterocycles. The van der Waals surface area contributed by atoms with Crippen LogP contribution in [0.4, 0.5) is 10.5 Å². The van der Waals surface area contributed by atoms with Gasteiger partial charge in [0, 0.05) is 4.88 Å². The Balaban J connectivity index is 1.45. The molecule has 1 unspecified atom stereocenters. The molecule has 3 amide bonds. The van der Waals surface area contributed by atoms with Crippen molar-refractivity contribution in [1.82, 2.24) is 19.9 Å². The molecule has 3 heterocycles. The molecule has 0 aliphatic heterocycles. The van der Waals surface area contributed by atoms with E-state index in [4.69, 9.17) is 5.73 Å². The van der Waals surface area contributed by atoms with E-state index in [0.717, 1.165) is 15.9 Å². The van der Waals surface area contributed by atoms with Crippen LogP contribution in [0.3, 0.4) is 0 Å². The van der Waals surface area contributed by atoms with E-state index in [2.05, 4.69) is 20.6 Å². The van der Waals surface area contributed by atoms with Crippen LogP contribution in [0, 0.1) is 0 Å². The number of fused-ring (bicyclic) bond motifs is 1. The van der Waals surface area contributed by atoms with Gasteiger partial charge >= 0.3 is 6.03 Å². The number of pyridine rings is 1. The van der Waals surface area contributed by atoms with Gasteiger partial charge in [-0.3, -0.25) is 9.36 Å². The molecule has 0 aliphatic carbocycles. The molecule has 0 saturated carbocycles. The third-order valence-electron chi connectivity index (χ3n) is 4.32. The van der Waals surface area contributed by atoms with Crippen LogP contribution in [0.15, 0.2) is 66.4 Å². The molecular weight excluding hydrogens is 388 g/mol. The van der Waals surface area contributed by atoms with Gasteiger partial charge < -0.3 is 16.4 Å². The topological polar surface area (TPSA) is 115 Å². The van der Waals surface area contributed by atoms with Gasteiger partial charge in [-0.2, -0.15) is 0 Å². The van der Waals surface area contributed by atoms with E-state index < -0.39 is 12.1 Å². The number of hydrogen-bond donors (Lipinski definition) is 3. The Morgan fingerprint density at radius 1 is 1.10 bits per heavy atom. The van der Waals surface area contributed by atoms with Crippen molar-refractivity contribution >= 4 is 40.0 Å². The number of hydrogen-bond acceptors (Lipinski definition) is 5. The minimum atomic E-state index is -0.672. The van der Waals surface area contributed by atoms with Crippen LogP contribution in [-0.4, -0.2) is 26.5 Å². The lowest BCUT2D eigenvalue weighted by atomic mass is 10.1. The van der Waals surface area contributed by atoms with Gasteiger partial charge in [0.1, 0.15) is 12.1 Å².